The normalized spacial score (nSPS) is 25.4. The lowest BCUT2D eigenvalue weighted by molar-refractivity contribution is -0.133. The van der Waals surface area contributed by atoms with Crippen LogP contribution in [0.4, 0.5) is 0 Å². The Morgan fingerprint density at radius 2 is 1.72 bits per heavy atom. The second-order valence-corrected chi connectivity index (χ2v) is 7.21. The highest BCUT2D eigenvalue weighted by Gasteiger charge is 2.42. The fourth-order valence-electron chi connectivity index (χ4n) is 4.64. The number of methoxy groups -OCH3 is 3. The molecule has 0 N–H and O–H groups in total. The monoisotopic (exact) mass is 347 g/mol. The molecule has 1 saturated heterocycles. The Hall–Kier alpha value is -1.91. The molecule has 5 nitrogen and oxygen atoms in total. The fourth-order valence-corrected chi connectivity index (χ4v) is 4.64. The molecule has 1 saturated carbocycles. The van der Waals surface area contributed by atoms with Gasteiger partial charge in [-0.2, -0.15) is 0 Å². The van der Waals surface area contributed by atoms with Gasteiger partial charge in [0.1, 0.15) is 0 Å². The smallest absolute Gasteiger partial charge is 0.227 e. The summed E-state index contributed by atoms with van der Waals surface area (Å²) in [6.07, 6.45) is 6.47. The number of hydrogen-bond donors (Lipinski definition) is 0. The van der Waals surface area contributed by atoms with Crippen LogP contribution >= 0.6 is 0 Å². The molecule has 1 aliphatic heterocycles. The number of nitrogens with zero attached hydrogens (tertiary/aromatic N) is 1. The maximum Gasteiger partial charge on any atom is 0.227 e. The van der Waals surface area contributed by atoms with E-state index in [1.807, 2.05) is 12.1 Å². The predicted molar refractivity (Wildman–Crippen MR) is 96.5 cm³/mol. The minimum absolute atomic E-state index is 0.205. The maximum absolute atomic E-state index is 13.0. The van der Waals surface area contributed by atoms with Crippen molar-refractivity contribution < 1.29 is 19.0 Å². The molecule has 5 heteroatoms. The van der Waals surface area contributed by atoms with Gasteiger partial charge in [-0.25, -0.2) is 0 Å². The third kappa shape index (κ3) is 3.42. The number of benzene rings is 1. The summed E-state index contributed by atoms with van der Waals surface area (Å²) >= 11 is 0. The van der Waals surface area contributed by atoms with Crippen LogP contribution in [0.2, 0.25) is 0 Å². The summed E-state index contributed by atoms with van der Waals surface area (Å²) in [6.45, 7) is 2.19. The molecule has 0 bridgehead atoms. The van der Waals surface area contributed by atoms with Crippen molar-refractivity contribution in [1.29, 1.82) is 0 Å². The summed E-state index contributed by atoms with van der Waals surface area (Å²) in [5, 5.41) is 0. The van der Waals surface area contributed by atoms with E-state index in [1.165, 1.54) is 19.3 Å². The quantitative estimate of drug-likeness (QED) is 0.819. The van der Waals surface area contributed by atoms with Crippen LogP contribution in [-0.2, 0) is 11.2 Å². The largest absolute Gasteiger partial charge is 0.493 e. The lowest BCUT2D eigenvalue weighted by Gasteiger charge is -2.33. The molecule has 1 heterocycles. The minimum atomic E-state index is 0.205. The molecule has 1 aromatic carbocycles. The molecule has 138 valence electrons. The molecule has 2 fully saturated rings. The van der Waals surface area contributed by atoms with E-state index in [9.17, 15) is 4.79 Å². The van der Waals surface area contributed by atoms with E-state index in [2.05, 4.69) is 11.8 Å². The first kappa shape index (κ1) is 17.9. The molecule has 1 aliphatic carbocycles. The van der Waals surface area contributed by atoms with Crippen molar-refractivity contribution in [3.05, 3.63) is 17.7 Å². The van der Waals surface area contributed by atoms with Crippen molar-refractivity contribution in [1.82, 2.24) is 4.90 Å². The maximum atomic E-state index is 13.0. The third-order valence-electron chi connectivity index (χ3n) is 5.71. The fraction of sp³-hybridized carbons (Fsp3) is 0.650. The van der Waals surface area contributed by atoms with Gasteiger partial charge in [-0.15, -0.1) is 0 Å². The number of likely N-dealkylation sites (tertiary alicyclic amines) is 1. The van der Waals surface area contributed by atoms with Gasteiger partial charge >= 0.3 is 0 Å². The summed E-state index contributed by atoms with van der Waals surface area (Å²) in [4.78, 5) is 15.2. The van der Waals surface area contributed by atoms with Crippen LogP contribution in [0.1, 0.15) is 44.6 Å². The van der Waals surface area contributed by atoms with E-state index in [4.69, 9.17) is 14.2 Å². The first-order chi connectivity index (χ1) is 12.1. The molecule has 3 atom stereocenters. The van der Waals surface area contributed by atoms with E-state index in [0.717, 1.165) is 18.4 Å². The zero-order chi connectivity index (χ0) is 18.0. The Balaban J connectivity index is 1.80. The van der Waals surface area contributed by atoms with Crippen molar-refractivity contribution in [2.45, 2.75) is 57.5 Å². The minimum Gasteiger partial charge on any atom is -0.493 e. The second-order valence-electron chi connectivity index (χ2n) is 7.21. The standard InChI is InChI=1S/C20H29NO4/c1-13-9-15-7-5-6-8-16(15)21(13)19(22)12-14-10-17(23-2)20(25-4)18(11-14)24-3/h10-11,13,15-16H,5-9,12H2,1-4H3/t13-,15-,16+/m1/s1. The Morgan fingerprint density at radius 3 is 2.32 bits per heavy atom. The number of carbonyl (C=O) groups excluding carboxylic acids is 1. The molecule has 0 spiro atoms. The van der Waals surface area contributed by atoms with Gasteiger partial charge in [-0.3, -0.25) is 4.79 Å². The molecule has 0 unspecified atom stereocenters. The second kappa shape index (κ2) is 7.54. The average molecular weight is 347 g/mol. The number of ether oxygens (including phenoxy) is 3. The van der Waals surface area contributed by atoms with Gasteiger partial charge in [-0.05, 0) is 49.8 Å². The van der Waals surface area contributed by atoms with Crippen molar-refractivity contribution in [2.75, 3.05) is 21.3 Å². The van der Waals surface area contributed by atoms with Crippen LogP contribution in [0.3, 0.4) is 0 Å². The summed E-state index contributed by atoms with van der Waals surface area (Å²) in [6, 6.07) is 4.51. The predicted octanol–water partition coefficient (Wildman–Crippen LogP) is 3.43. The zero-order valence-corrected chi connectivity index (χ0v) is 15.7. The van der Waals surface area contributed by atoms with Crippen molar-refractivity contribution in [3.8, 4) is 17.2 Å². The number of rotatable bonds is 5. The van der Waals surface area contributed by atoms with Crippen LogP contribution in [-0.4, -0.2) is 44.2 Å². The van der Waals surface area contributed by atoms with Gasteiger partial charge in [0.05, 0.1) is 27.8 Å². The Morgan fingerprint density at radius 1 is 1.08 bits per heavy atom. The Labute approximate surface area is 150 Å². The van der Waals surface area contributed by atoms with E-state index < -0.39 is 0 Å². The molecule has 2 aliphatic rings. The highest BCUT2D eigenvalue weighted by Crippen LogP contribution is 2.41. The molecule has 3 rings (SSSR count). The van der Waals surface area contributed by atoms with Crippen molar-refractivity contribution in [2.24, 2.45) is 5.92 Å². The van der Waals surface area contributed by atoms with Gasteiger partial charge < -0.3 is 19.1 Å². The summed E-state index contributed by atoms with van der Waals surface area (Å²) in [5.74, 6) is 2.64. The molecule has 1 aromatic rings. The first-order valence-corrected chi connectivity index (χ1v) is 9.19. The number of fused-ring (bicyclic) bond motifs is 1. The van der Waals surface area contributed by atoms with Gasteiger partial charge in [0, 0.05) is 12.1 Å². The van der Waals surface area contributed by atoms with Crippen LogP contribution in [0, 0.1) is 5.92 Å². The summed E-state index contributed by atoms with van der Waals surface area (Å²) < 4.78 is 16.2. The lowest BCUT2D eigenvalue weighted by atomic mass is 9.85. The number of hydrogen-bond acceptors (Lipinski definition) is 4. The molecular weight excluding hydrogens is 318 g/mol. The van der Waals surface area contributed by atoms with E-state index in [-0.39, 0.29) is 5.91 Å². The summed E-state index contributed by atoms with van der Waals surface area (Å²) in [5.41, 5.74) is 0.894. The molecule has 0 aromatic heterocycles. The molecule has 25 heavy (non-hydrogen) atoms. The van der Waals surface area contributed by atoms with Crippen LogP contribution in [0.5, 0.6) is 17.2 Å². The first-order valence-electron chi connectivity index (χ1n) is 9.19. The average Bonchev–Trinajstić information content (AvgIpc) is 2.96. The van der Waals surface area contributed by atoms with E-state index in [0.29, 0.717) is 41.7 Å². The third-order valence-corrected chi connectivity index (χ3v) is 5.71. The van der Waals surface area contributed by atoms with E-state index >= 15 is 0 Å². The van der Waals surface area contributed by atoms with Crippen LogP contribution in [0.15, 0.2) is 12.1 Å². The highest BCUT2D eigenvalue weighted by atomic mass is 16.5. The van der Waals surface area contributed by atoms with Gasteiger partial charge in [0.25, 0.3) is 0 Å². The van der Waals surface area contributed by atoms with E-state index in [1.54, 1.807) is 21.3 Å². The summed E-state index contributed by atoms with van der Waals surface area (Å²) in [7, 11) is 4.77. The lowest BCUT2D eigenvalue weighted by Crippen LogP contribution is -2.43. The van der Waals surface area contributed by atoms with Gasteiger partial charge in [0.15, 0.2) is 11.5 Å². The Bertz CT molecular complexity index is 605. The van der Waals surface area contributed by atoms with Crippen LogP contribution in [0.25, 0.3) is 0 Å². The van der Waals surface area contributed by atoms with Crippen molar-refractivity contribution in [3.63, 3.8) is 0 Å². The molecular formula is C20H29NO4. The van der Waals surface area contributed by atoms with Gasteiger partial charge in [-0.1, -0.05) is 12.8 Å². The van der Waals surface area contributed by atoms with Crippen molar-refractivity contribution >= 4 is 5.91 Å². The Kier molecular flexibility index (Phi) is 5.40. The highest BCUT2D eigenvalue weighted by molar-refractivity contribution is 5.80. The van der Waals surface area contributed by atoms with Gasteiger partial charge in [0.2, 0.25) is 11.7 Å². The molecule has 0 radical (unpaired) electrons. The molecule has 1 amide bonds. The topological polar surface area (TPSA) is 48.0 Å². The number of amides is 1. The number of carbonyl (C=O) groups is 1. The SMILES string of the molecule is COc1cc(CC(=O)N2[C@H](C)C[C@H]3CCCC[C@@H]32)cc(OC)c1OC. The van der Waals surface area contributed by atoms with Crippen LogP contribution < -0.4 is 14.2 Å². The zero-order valence-electron chi connectivity index (χ0n) is 15.7.